The average Bonchev–Trinajstić information content (AvgIpc) is 2.93. The first kappa shape index (κ1) is 13.9. The highest BCUT2D eigenvalue weighted by molar-refractivity contribution is 6.31. The van der Waals surface area contributed by atoms with Crippen molar-refractivity contribution < 1.29 is 4.39 Å². The van der Waals surface area contributed by atoms with E-state index in [2.05, 4.69) is 10.1 Å². The van der Waals surface area contributed by atoms with Crippen molar-refractivity contribution in [3.05, 3.63) is 64.0 Å². The Bertz CT molecular complexity index is 1120. The Morgan fingerprint density at radius 1 is 1.26 bits per heavy atom. The lowest BCUT2D eigenvalue weighted by Gasteiger charge is -2.11. The molecule has 4 rings (SSSR count). The van der Waals surface area contributed by atoms with E-state index in [1.54, 1.807) is 37.8 Å². The lowest BCUT2D eigenvalue weighted by atomic mass is 10.1. The molecule has 0 N–H and O–H groups in total. The van der Waals surface area contributed by atoms with Gasteiger partial charge in [0.05, 0.1) is 22.4 Å². The molecule has 3 aromatic heterocycles. The molecular weight excluding hydrogens is 319 g/mol. The van der Waals surface area contributed by atoms with Gasteiger partial charge in [0.1, 0.15) is 5.82 Å². The van der Waals surface area contributed by atoms with Crippen molar-refractivity contribution in [1.29, 1.82) is 0 Å². The summed E-state index contributed by atoms with van der Waals surface area (Å²) in [5, 5.41) is 5.32. The first-order chi connectivity index (χ1) is 11.1. The number of nitrogens with zero attached hydrogens (tertiary/aromatic N) is 4. The van der Waals surface area contributed by atoms with Crippen molar-refractivity contribution in [3.8, 4) is 5.69 Å². The molecule has 0 aliphatic heterocycles. The number of hydrogen-bond donors (Lipinski definition) is 0. The van der Waals surface area contributed by atoms with Crippen LogP contribution >= 0.6 is 11.6 Å². The minimum Gasteiger partial charge on any atom is -0.274 e. The first-order valence-electron chi connectivity index (χ1n) is 6.84. The molecule has 0 spiro atoms. The van der Waals surface area contributed by atoms with Gasteiger partial charge < -0.3 is 0 Å². The summed E-state index contributed by atoms with van der Waals surface area (Å²) in [6, 6.07) is 6.25. The van der Waals surface area contributed by atoms with Gasteiger partial charge in [0.15, 0.2) is 5.52 Å². The van der Waals surface area contributed by atoms with E-state index >= 15 is 0 Å². The Hall–Kier alpha value is -2.73. The second kappa shape index (κ2) is 4.89. The summed E-state index contributed by atoms with van der Waals surface area (Å²) in [5.41, 5.74) is 1.04. The number of aryl methyl sites for hydroxylation is 1. The van der Waals surface area contributed by atoms with E-state index < -0.39 is 5.82 Å². The Kier molecular flexibility index (Phi) is 2.96. The zero-order valence-corrected chi connectivity index (χ0v) is 12.8. The molecule has 0 atom stereocenters. The fourth-order valence-electron chi connectivity index (χ4n) is 2.74. The van der Waals surface area contributed by atoms with E-state index in [-0.39, 0.29) is 16.1 Å². The number of pyridine rings is 2. The summed E-state index contributed by atoms with van der Waals surface area (Å²) < 4.78 is 16.9. The van der Waals surface area contributed by atoms with E-state index in [4.69, 9.17) is 11.6 Å². The summed E-state index contributed by atoms with van der Waals surface area (Å²) in [7, 11) is 1.71. The molecule has 5 nitrogen and oxygen atoms in total. The molecule has 0 amide bonds. The van der Waals surface area contributed by atoms with Gasteiger partial charge in [0.25, 0.3) is 5.56 Å². The quantitative estimate of drug-likeness (QED) is 0.539. The Labute approximate surface area is 134 Å². The van der Waals surface area contributed by atoms with Crippen LogP contribution < -0.4 is 5.56 Å². The van der Waals surface area contributed by atoms with Crippen LogP contribution in [0.15, 0.2) is 47.7 Å². The van der Waals surface area contributed by atoms with Crippen molar-refractivity contribution >= 4 is 33.4 Å². The van der Waals surface area contributed by atoms with E-state index in [1.807, 2.05) is 0 Å². The fourth-order valence-corrected chi connectivity index (χ4v) is 2.90. The van der Waals surface area contributed by atoms with Crippen LogP contribution in [0.4, 0.5) is 4.39 Å². The van der Waals surface area contributed by atoms with E-state index in [0.717, 1.165) is 0 Å². The predicted molar refractivity (Wildman–Crippen MR) is 86.6 cm³/mol. The van der Waals surface area contributed by atoms with Crippen LogP contribution in [0.1, 0.15) is 0 Å². The Morgan fingerprint density at radius 3 is 2.83 bits per heavy atom. The third-order valence-electron chi connectivity index (χ3n) is 3.71. The maximum Gasteiger partial charge on any atom is 0.284 e. The Balaban J connectivity index is 2.30. The molecule has 23 heavy (non-hydrogen) atoms. The van der Waals surface area contributed by atoms with Gasteiger partial charge in [-0.1, -0.05) is 11.6 Å². The number of aromatic nitrogens is 4. The minimum absolute atomic E-state index is 0.0437. The topological polar surface area (TPSA) is 52.7 Å². The molecule has 1 aromatic carbocycles. The standard InChI is InChI=1S/C16H10ClFN4O/c1-21-8-11-10-5-13(18)12(17)6-14(10)22(16(23)15(11)20-21)9-3-2-4-19-7-9/h2-8H,1H3. The maximum atomic E-state index is 14.0. The van der Waals surface area contributed by atoms with Gasteiger partial charge in [0, 0.05) is 30.2 Å². The Morgan fingerprint density at radius 2 is 2.09 bits per heavy atom. The average molecular weight is 329 g/mol. The molecule has 0 radical (unpaired) electrons. The lowest BCUT2D eigenvalue weighted by molar-refractivity contribution is 0.630. The van der Waals surface area contributed by atoms with Crippen molar-refractivity contribution in [2.45, 2.75) is 0 Å². The fraction of sp³-hybridized carbons (Fsp3) is 0.0625. The van der Waals surface area contributed by atoms with Gasteiger partial charge >= 0.3 is 0 Å². The van der Waals surface area contributed by atoms with Crippen molar-refractivity contribution in [2.24, 2.45) is 7.05 Å². The molecular formula is C16H10ClFN4O. The first-order valence-corrected chi connectivity index (χ1v) is 7.21. The molecule has 0 unspecified atom stereocenters. The van der Waals surface area contributed by atoms with Crippen molar-refractivity contribution in [2.75, 3.05) is 0 Å². The number of rotatable bonds is 1. The molecule has 0 saturated heterocycles. The van der Waals surface area contributed by atoms with Gasteiger partial charge in [-0.15, -0.1) is 0 Å². The highest BCUT2D eigenvalue weighted by Gasteiger charge is 2.17. The molecule has 4 aromatic rings. The molecule has 114 valence electrons. The SMILES string of the molecule is Cn1cc2c(n1)c(=O)n(-c1cccnc1)c1cc(Cl)c(F)cc21. The van der Waals surface area contributed by atoms with Crippen LogP contribution in [0.5, 0.6) is 0 Å². The molecule has 3 heterocycles. The van der Waals surface area contributed by atoms with Gasteiger partial charge in [-0.05, 0) is 24.3 Å². The second-order valence-corrected chi connectivity index (χ2v) is 5.61. The summed E-state index contributed by atoms with van der Waals surface area (Å²) in [4.78, 5) is 16.9. The molecule has 0 aliphatic rings. The zero-order valence-electron chi connectivity index (χ0n) is 12.0. The predicted octanol–water partition coefficient (Wildman–Crippen LogP) is 3.06. The van der Waals surface area contributed by atoms with E-state index in [9.17, 15) is 9.18 Å². The molecule has 7 heteroatoms. The largest absolute Gasteiger partial charge is 0.284 e. The van der Waals surface area contributed by atoms with Crippen LogP contribution in [0, 0.1) is 5.82 Å². The van der Waals surface area contributed by atoms with Crippen LogP contribution in [0.25, 0.3) is 27.5 Å². The van der Waals surface area contributed by atoms with Crippen molar-refractivity contribution in [3.63, 3.8) is 0 Å². The number of hydrogen-bond acceptors (Lipinski definition) is 3. The lowest BCUT2D eigenvalue weighted by Crippen LogP contribution is -2.19. The van der Waals surface area contributed by atoms with Crippen LogP contribution in [-0.4, -0.2) is 19.3 Å². The van der Waals surface area contributed by atoms with Gasteiger partial charge in [-0.3, -0.25) is 19.0 Å². The van der Waals surface area contributed by atoms with Crippen LogP contribution in [-0.2, 0) is 7.05 Å². The third-order valence-corrected chi connectivity index (χ3v) is 4.00. The number of halogens is 2. The third kappa shape index (κ3) is 2.03. The number of benzene rings is 1. The number of fused-ring (bicyclic) bond motifs is 3. The van der Waals surface area contributed by atoms with Crippen molar-refractivity contribution in [1.82, 2.24) is 19.3 Å². The zero-order chi connectivity index (χ0) is 16.1. The molecule has 0 saturated carbocycles. The summed E-state index contributed by atoms with van der Waals surface area (Å²) >= 11 is 5.93. The molecule has 0 bridgehead atoms. The highest BCUT2D eigenvalue weighted by Crippen LogP contribution is 2.28. The molecule has 0 fully saturated rings. The summed E-state index contributed by atoms with van der Waals surface area (Å²) in [6.07, 6.45) is 4.87. The second-order valence-electron chi connectivity index (χ2n) is 5.20. The summed E-state index contributed by atoms with van der Waals surface area (Å²) in [6.45, 7) is 0. The van der Waals surface area contributed by atoms with E-state index in [1.165, 1.54) is 21.4 Å². The van der Waals surface area contributed by atoms with Gasteiger partial charge in [-0.2, -0.15) is 5.10 Å². The molecule has 0 aliphatic carbocycles. The van der Waals surface area contributed by atoms with Crippen LogP contribution in [0.2, 0.25) is 5.02 Å². The maximum absolute atomic E-state index is 14.0. The monoisotopic (exact) mass is 328 g/mol. The smallest absolute Gasteiger partial charge is 0.274 e. The van der Waals surface area contributed by atoms with Gasteiger partial charge in [-0.25, -0.2) is 4.39 Å². The normalized spacial score (nSPS) is 11.4. The summed E-state index contributed by atoms with van der Waals surface area (Å²) in [5.74, 6) is -0.541. The highest BCUT2D eigenvalue weighted by atomic mass is 35.5. The van der Waals surface area contributed by atoms with Crippen LogP contribution in [0.3, 0.4) is 0 Å². The van der Waals surface area contributed by atoms with Gasteiger partial charge in [0.2, 0.25) is 0 Å². The van der Waals surface area contributed by atoms with E-state index in [0.29, 0.717) is 22.0 Å². The minimum atomic E-state index is -0.541.